The first-order valence-corrected chi connectivity index (χ1v) is 8.50. The number of furan rings is 1. The van der Waals surface area contributed by atoms with Gasteiger partial charge in [0.2, 0.25) is 5.75 Å². The Morgan fingerprint density at radius 3 is 2.43 bits per heavy atom. The molecule has 0 atom stereocenters. The van der Waals surface area contributed by atoms with Crippen molar-refractivity contribution >= 4 is 22.7 Å². The lowest BCUT2D eigenvalue weighted by Gasteiger charge is -2.18. The Kier molecular flexibility index (Phi) is 4.11. The number of ether oxygens (including phenoxy) is 2. The zero-order valence-corrected chi connectivity index (χ0v) is 14.8. The average Bonchev–Trinajstić information content (AvgIpc) is 3.02. The van der Waals surface area contributed by atoms with Crippen molar-refractivity contribution in [1.82, 2.24) is 0 Å². The van der Waals surface area contributed by atoms with Crippen molar-refractivity contribution in [1.29, 1.82) is 0 Å². The third kappa shape index (κ3) is 2.79. The van der Waals surface area contributed by atoms with E-state index in [2.05, 4.69) is 0 Å². The van der Waals surface area contributed by atoms with Gasteiger partial charge in [-0.1, -0.05) is 0 Å². The Balaban J connectivity index is 1.99. The van der Waals surface area contributed by atoms with Gasteiger partial charge in [0.05, 0.1) is 12.0 Å². The summed E-state index contributed by atoms with van der Waals surface area (Å²) in [5.74, 6) is -1.56. The van der Waals surface area contributed by atoms with Gasteiger partial charge in [0.1, 0.15) is 19.0 Å². The van der Waals surface area contributed by atoms with Crippen molar-refractivity contribution in [2.45, 2.75) is 13.3 Å². The van der Waals surface area contributed by atoms with Crippen LogP contribution in [0.5, 0.6) is 23.0 Å². The normalized spacial score (nSPS) is 12.9. The van der Waals surface area contributed by atoms with Gasteiger partial charge in [0, 0.05) is 16.5 Å². The Morgan fingerprint density at radius 1 is 1.04 bits per heavy atom. The molecule has 0 fully saturated rings. The fraction of sp³-hybridized carbons (Fsp3) is 0.200. The number of carbonyl (C=O) groups is 2. The fourth-order valence-electron chi connectivity index (χ4n) is 3.27. The molecule has 0 bridgehead atoms. The molecule has 0 saturated heterocycles. The van der Waals surface area contributed by atoms with Crippen molar-refractivity contribution in [2.24, 2.45) is 0 Å². The molecule has 3 aromatic rings. The molecule has 1 aliphatic heterocycles. The third-order valence-electron chi connectivity index (χ3n) is 4.54. The first-order valence-electron chi connectivity index (χ1n) is 8.50. The lowest BCUT2D eigenvalue weighted by Crippen LogP contribution is -2.15. The predicted octanol–water partition coefficient (Wildman–Crippen LogP) is 3.11. The summed E-state index contributed by atoms with van der Waals surface area (Å²) in [5, 5.41) is 30.0. The molecule has 2 heterocycles. The van der Waals surface area contributed by atoms with Gasteiger partial charge in [0.25, 0.3) is 0 Å². The largest absolute Gasteiger partial charge is 0.504 e. The van der Waals surface area contributed by atoms with Crippen LogP contribution in [0.25, 0.3) is 22.3 Å². The van der Waals surface area contributed by atoms with Gasteiger partial charge in [-0.25, -0.2) is 0 Å². The summed E-state index contributed by atoms with van der Waals surface area (Å²) in [6, 6.07) is 6.34. The van der Waals surface area contributed by atoms with Crippen LogP contribution >= 0.6 is 0 Å². The fourth-order valence-corrected chi connectivity index (χ4v) is 3.27. The highest BCUT2D eigenvalue weighted by molar-refractivity contribution is 6.05. The molecule has 0 amide bonds. The van der Waals surface area contributed by atoms with E-state index in [-0.39, 0.29) is 27.9 Å². The van der Waals surface area contributed by atoms with E-state index in [0.29, 0.717) is 30.3 Å². The van der Waals surface area contributed by atoms with Crippen LogP contribution in [-0.2, 0) is 11.2 Å². The summed E-state index contributed by atoms with van der Waals surface area (Å²) in [4.78, 5) is 23.2. The molecule has 0 spiro atoms. The number of aliphatic carboxylic acids is 1. The van der Waals surface area contributed by atoms with Crippen LogP contribution in [0.15, 0.2) is 28.7 Å². The van der Waals surface area contributed by atoms with Gasteiger partial charge < -0.3 is 29.2 Å². The van der Waals surface area contributed by atoms with E-state index in [1.807, 2.05) is 0 Å². The SMILES string of the molecule is CC(=O)c1cc2c(CC(=O)O)c(-c3ccc4c(c3)OCCO4)oc2c(O)c1O. The number of fused-ring (bicyclic) bond motifs is 2. The van der Waals surface area contributed by atoms with Crippen molar-refractivity contribution in [2.75, 3.05) is 13.2 Å². The number of phenols is 2. The van der Waals surface area contributed by atoms with E-state index in [1.54, 1.807) is 18.2 Å². The van der Waals surface area contributed by atoms with Crippen molar-refractivity contribution in [3.8, 4) is 34.3 Å². The van der Waals surface area contributed by atoms with Gasteiger partial charge in [-0.3, -0.25) is 9.59 Å². The molecule has 2 aromatic carbocycles. The molecule has 0 aliphatic carbocycles. The minimum Gasteiger partial charge on any atom is -0.504 e. The van der Waals surface area contributed by atoms with Crippen LogP contribution in [0.4, 0.5) is 0 Å². The number of benzene rings is 2. The molecule has 0 unspecified atom stereocenters. The van der Waals surface area contributed by atoms with Crippen LogP contribution < -0.4 is 9.47 Å². The Labute approximate surface area is 158 Å². The molecule has 8 nitrogen and oxygen atoms in total. The number of carboxylic acid groups (broad SMARTS) is 1. The van der Waals surface area contributed by atoms with Crippen LogP contribution in [0, 0.1) is 0 Å². The topological polar surface area (TPSA) is 126 Å². The third-order valence-corrected chi connectivity index (χ3v) is 4.54. The number of aromatic hydroxyl groups is 2. The summed E-state index contributed by atoms with van der Waals surface area (Å²) < 4.78 is 16.8. The zero-order chi connectivity index (χ0) is 20.0. The average molecular weight is 384 g/mol. The second-order valence-corrected chi connectivity index (χ2v) is 6.39. The number of carboxylic acids is 1. The van der Waals surface area contributed by atoms with E-state index in [1.165, 1.54) is 13.0 Å². The lowest BCUT2D eigenvalue weighted by molar-refractivity contribution is -0.136. The van der Waals surface area contributed by atoms with E-state index >= 15 is 0 Å². The zero-order valence-electron chi connectivity index (χ0n) is 14.8. The van der Waals surface area contributed by atoms with Crippen molar-refractivity contribution in [3.63, 3.8) is 0 Å². The number of hydrogen-bond donors (Lipinski definition) is 3. The summed E-state index contributed by atoms with van der Waals surface area (Å²) in [6.07, 6.45) is -0.404. The van der Waals surface area contributed by atoms with Crippen LogP contribution in [-0.4, -0.2) is 40.3 Å². The number of carbonyl (C=O) groups excluding carboxylic acids is 1. The minimum absolute atomic E-state index is 0.0939. The molecule has 8 heteroatoms. The maximum Gasteiger partial charge on any atom is 0.307 e. The Bertz CT molecular complexity index is 1130. The van der Waals surface area contributed by atoms with E-state index in [9.17, 15) is 24.9 Å². The molecular formula is C20H16O8. The number of hydrogen-bond acceptors (Lipinski definition) is 7. The maximum absolute atomic E-state index is 11.8. The van der Waals surface area contributed by atoms with E-state index in [0.717, 1.165) is 0 Å². The standard InChI is InChI=1S/C20H16O8/c1-9(21)11-7-12-13(8-16(22)23)19(28-20(12)18(25)17(11)24)10-2-3-14-15(6-10)27-5-4-26-14/h2-3,6-7,24-25H,4-5,8H2,1H3,(H,22,23). The summed E-state index contributed by atoms with van der Waals surface area (Å²) in [6.45, 7) is 2.05. The second kappa shape index (κ2) is 6.49. The second-order valence-electron chi connectivity index (χ2n) is 6.39. The number of ketones is 1. The molecule has 1 aliphatic rings. The summed E-state index contributed by atoms with van der Waals surface area (Å²) >= 11 is 0. The van der Waals surface area contributed by atoms with Gasteiger partial charge >= 0.3 is 5.97 Å². The van der Waals surface area contributed by atoms with Crippen molar-refractivity contribution < 1.29 is 38.8 Å². The smallest absolute Gasteiger partial charge is 0.307 e. The van der Waals surface area contributed by atoms with Gasteiger partial charge in [-0.2, -0.15) is 0 Å². The first kappa shape index (κ1) is 17.7. The highest BCUT2D eigenvalue weighted by atomic mass is 16.6. The Morgan fingerprint density at radius 2 is 1.75 bits per heavy atom. The van der Waals surface area contributed by atoms with E-state index < -0.39 is 29.7 Å². The quantitative estimate of drug-likeness (QED) is 0.463. The number of Topliss-reactive ketones (excluding diaryl/α,β-unsaturated/α-hetero) is 1. The molecule has 28 heavy (non-hydrogen) atoms. The molecule has 1 aromatic heterocycles. The molecule has 4 rings (SSSR count). The van der Waals surface area contributed by atoms with Crippen molar-refractivity contribution in [3.05, 3.63) is 35.4 Å². The maximum atomic E-state index is 11.8. The molecule has 0 saturated carbocycles. The lowest BCUT2D eigenvalue weighted by atomic mass is 9.99. The first-order chi connectivity index (χ1) is 13.4. The van der Waals surface area contributed by atoms with Crippen LogP contribution in [0.2, 0.25) is 0 Å². The van der Waals surface area contributed by atoms with Crippen LogP contribution in [0.3, 0.4) is 0 Å². The number of rotatable bonds is 4. The Hall–Kier alpha value is -3.68. The highest BCUT2D eigenvalue weighted by Crippen LogP contribution is 2.45. The van der Waals surface area contributed by atoms with Gasteiger partial charge in [-0.05, 0) is 31.2 Å². The van der Waals surface area contributed by atoms with Gasteiger partial charge in [-0.15, -0.1) is 0 Å². The molecule has 3 N–H and O–H groups in total. The van der Waals surface area contributed by atoms with Gasteiger partial charge in [0.15, 0.2) is 28.6 Å². The van der Waals surface area contributed by atoms with E-state index in [4.69, 9.17) is 13.9 Å². The molecule has 0 radical (unpaired) electrons. The molecular weight excluding hydrogens is 368 g/mol. The number of phenolic OH excluding ortho intramolecular Hbond substituents is 2. The highest BCUT2D eigenvalue weighted by Gasteiger charge is 2.26. The summed E-state index contributed by atoms with van der Waals surface area (Å²) in [5.41, 5.74) is 0.576. The minimum atomic E-state index is -1.11. The molecule has 144 valence electrons. The monoisotopic (exact) mass is 384 g/mol. The predicted molar refractivity (Wildman–Crippen MR) is 97.3 cm³/mol. The van der Waals surface area contributed by atoms with Crippen LogP contribution in [0.1, 0.15) is 22.8 Å². The summed E-state index contributed by atoms with van der Waals surface area (Å²) in [7, 11) is 0.